The molecule has 6 nitrogen and oxygen atoms in total. The molecule has 0 amide bonds. The number of aromatic nitrogens is 2. The Morgan fingerprint density at radius 2 is 2.07 bits per heavy atom. The molecule has 29 heavy (non-hydrogen) atoms. The van der Waals surface area contributed by atoms with Crippen molar-refractivity contribution < 1.29 is 14.6 Å². The van der Waals surface area contributed by atoms with Gasteiger partial charge in [0.05, 0.1) is 13.2 Å². The summed E-state index contributed by atoms with van der Waals surface area (Å²) in [5, 5.41) is 14.5. The van der Waals surface area contributed by atoms with Crippen molar-refractivity contribution in [2.45, 2.75) is 19.1 Å². The van der Waals surface area contributed by atoms with Crippen LogP contribution < -0.4 is 14.8 Å². The van der Waals surface area contributed by atoms with E-state index in [9.17, 15) is 5.11 Å². The van der Waals surface area contributed by atoms with Crippen LogP contribution in [-0.4, -0.2) is 41.0 Å². The van der Waals surface area contributed by atoms with Gasteiger partial charge in [0.15, 0.2) is 0 Å². The van der Waals surface area contributed by atoms with Gasteiger partial charge in [-0.05, 0) is 48.4 Å². The average molecular weight is 416 g/mol. The number of aliphatic hydroxyl groups is 1. The second kappa shape index (κ2) is 9.78. The summed E-state index contributed by atoms with van der Waals surface area (Å²) in [6.07, 6.45) is 2.96. The smallest absolute Gasteiger partial charge is 0.130 e. The third-order valence-corrected chi connectivity index (χ3v) is 4.90. The van der Waals surface area contributed by atoms with Crippen LogP contribution in [0.4, 0.5) is 0 Å². The fraction of sp³-hybridized carbons (Fsp3) is 0.318. The number of benzene rings is 2. The van der Waals surface area contributed by atoms with Crippen LogP contribution in [0.5, 0.6) is 11.5 Å². The quantitative estimate of drug-likeness (QED) is 0.559. The van der Waals surface area contributed by atoms with E-state index in [1.165, 1.54) is 0 Å². The van der Waals surface area contributed by atoms with Crippen LogP contribution in [0.15, 0.2) is 54.9 Å². The van der Waals surface area contributed by atoms with Crippen LogP contribution in [0.1, 0.15) is 23.0 Å². The van der Waals surface area contributed by atoms with Gasteiger partial charge in [-0.25, -0.2) is 4.98 Å². The Kier molecular flexibility index (Phi) is 7.14. The highest BCUT2D eigenvalue weighted by atomic mass is 35.5. The van der Waals surface area contributed by atoms with Crippen LogP contribution in [0.25, 0.3) is 0 Å². The first-order valence-electron chi connectivity index (χ1n) is 9.39. The van der Waals surface area contributed by atoms with Crippen molar-refractivity contribution in [2.24, 2.45) is 7.05 Å². The van der Waals surface area contributed by atoms with E-state index >= 15 is 0 Å². The van der Waals surface area contributed by atoms with E-state index in [2.05, 4.69) is 10.3 Å². The van der Waals surface area contributed by atoms with Crippen molar-refractivity contribution in [2.75, 3.05) is 20.3 Å². The van der Waals surface area contributed by atoms with Crippen molar-refractivity contribution in [3.8, 4) is 11.5 Å². The van der Waals surface area contributed by atoms with E-state index in [0.717, 1.165) is 22.7 Å². The zero-order chi connectivity index (χ0) is 20.8. The highest BCUT2D eigenvalue weighted by molar-refractivity contribution is 6.30. The van der Waals surface area contributed by atoms with Crippen LogP contribution in [0.2, 0.25) is 5.02 Å². The van der Waals surface area contributed by atoms with Gasteiger partial charge in [-0.15, -0.1) is 0 Å². The van der Waals surface area contributed by atoms with Gasteiger partial charge in [0, 0.05) is 31.0 Å². The highest BCUT2D eigenvalue weighted by Crippen LogP contribution is 2.24. The van der Waals surface area contributed by atoms with E-state index in [-0.39, 0.29) is 12.6 Å². The fourth-order valence-corrected chi connectivity index (χ4v) is 3.33. The number of methoxy groups -OCH3 is 1. The summed E-state index contributed by atoms with van der Waals surface area (Å²) in [6, 6.07) is 13.0. The van der Waals surface area contributed by atoms with Gasteiger partial charge < -0.3 is 24.5 Å². The lowest BCUT2D eigenvalue weighted by atomic mass is 10.1. The number of hydrogen-bond donors (Lipinski definition) is 2. The monoisotopic (exact) mass is 415 g/mol. The van der Waals surface area contributed by atoms with E-state index in [1.54, 1.807) is 19.4 Å². The molecule has 2 aromatic carbocycles. The molecule has 0 fully saturated rings. The maximum atomic E-state index is 10.5. The number of halogens is 1. The molecule has 2 atom stereocenters. The molecule has 2 N–H and O–H groups in total. The first-order valence-corrected chi connectivity index (χ1v) is 9.77. The predicted octanol–water partition coefficient (Wildman–Crippen LogP) is 3.51. The second-order valence-corrected chi connectivity index (χ2v) is 7.33. The molecular formula is C22H26ClN3O3. The van der Waals surface area contributed by atoms with Gasteiger partial charge in [0.1, 0.15) is 30.0 Å². The summed E-state index contributed by atoms with van der Waals surface area (Å²) in [7, 11) is 3.59. The van der Waals surface area contributed by atoms with Gasteiger partial charge in [-0.3, -0.25) is 0 Å². The maximum absolute atomic E-state index is 10.5. The average Bonchev–Trinajstić information content (AvgIpc) is 3.13. The third kappa shape index (κ3) is 5.50. The summed E-state index contributed by atoms with van der Waals surface area (Å²) in [4.78, 5) is 4.47. The maximum Gasteiger partial charge on any atom is 0.130 e. The Morgan fingerprint density at radius 3 is 2.76 bits per heavy atom. The number of imidazole rings is 1. The molecule has 3 rings (SSSR count). The van der Waals surface area contributed by atoms with Crippen LogP contribution >= 0.6 is 11.6 Å². The molecule has 0 spiro atoms. The van der Waals surface area contributed by atoms with Crippen LogP contribution in [0.3, 0.4) is 0 Å². The molecular weight excluding hydrogens is 390 g/mol. The Balaban J connectivity index is 1.67. The number of nitrogens with one attached hydrogen (secondary N) is 1. The molecule has 0 saturated heterocycles. The number of nitrogens with zero attached hydrogens (tertiary/aromatic N) is 2. The summed E-state index contributed by atoms with van der Waals surface area (Å²) in [5.41, 5.74) is 1.93. The Bertz CT molecular complexity index is 945. The largest absolute Gasteiger partial charge is 0.497 e. The number of aryl methyl sites for hydroxylation is 2. The minimum Gasteiger partial charge on any atom is -0.497 e. The number of ether oxygens (including phenoxy) is 2. The van der Waals surface area contributed by atoms with Crippen LogP contribution in [-0.2, 0) is 7.05 Å². The van der Waals surface area contributed by atoms with E-state index in [1.807, 2.05) is 61.1 Å². The number of rotatable bonds is 9. The molecule has 0 aliphatic carbocycles. The lowest BCUT2D eigenvalue weighted by Gasteiger charge is -2.22. The van der Waals surface area contributed by atoms with Gasteiger partial charge in [0.25, 0.3) is 0 Å². The molecule has 0 aliphatic heterocycles. The minimum absolute atomic E-state index is 0.168. The third-order valence-electron chi connectivity index (χ3n) is 4.67. The van der Waals surface area contributed by atoms with Gasteiger partial charge >= 0.3 is 0 Å². The molecule has 0 radical (unpaired) electrons. The lowest BCUT2D eigenvalue weighted by molar-refractivity contribution is 0.104. The van der Waals surface area contributed by atoms with Gasteiger partial charge in [-0.2, -0.15) is 0 Å². The van der Waals surface area contributed by atoms with Crippen molar-refractivity contribution in [3.05, 3.63) is 76.8 Å². The molecule has 2 unspecified atom stereocenters. The molecule has 154 valence electrons. The fourth-order valence-electron chi connectivity index (χ4n) is 3.11. The normalized spacial score (nSPS) is 13.1. The zero-order valence-electron chi connectivity index (χ0n) is 16.8. The Labute approximate surface area is 176 Å². The Morgan fingerprint density at radius 1 is 1.24 bits per heavy atom. The lowest BCUT2D eigenvalue weighted by Crippen LogP contribution is -2.35. The van der Waals surface area contributed by atoms with Crippen molar-refractivity contribution in [1.82, 2.24) is 14.9 Å². The van der Waals surface area contributed by atoms with Crippen molar-refractivity contribution >= 4 is 11.6 Å². The standard InChI is InChI=1S/C22H26ClN3O3/c1-15-11-17(23)7-8-20(15)29-14-18(27)13-25-21(22-24-9-10-26(22)2)16-5-4-6-19(12-16)28-3/h4-12,18,21,25,27H,13-14H2,1-3H3. The van der Waals surface area contributed by atoms with E-state index in [0.29, 0.717) is 17.3 Å². The highest BCUT2D eigenvalue weighted by Gasteiger charge is 2.20. The number of aliphatic hydroxyl groups excluding tert-OH is 1. The first-order chi connectivity index (χ1) is 14.0. The number of hydrogen-bond acceptors (Lipinski definition) is 5. The predicted molar refractivity (Wildman–Crippen MR) is 114 cm³/mol. The van der Waals surface area contributed by atoms with Crippen molar-refractivity contribution in [3.63, 3.8) is 0 Å². The molecule has 0 saturated carbocycles. The summed E-state index contributed by atoms with van der Waals surface area (Å²) in [5.74, 6) is 2.33. The van der Waals surface area contributed by atoms with E-state index in [4.69, 9.17) is 21.1 Å². The van der Waals surface area contributed by atoms with E-state index < -0.39 is 6.10 Å². The molecule has 1 heterocycles. The van der Waals surface area contributed by atoms with Crippen LogP contribution in [0, 0.1) is 6.92 Å². The summed E-state index contributed by atoms with van der Waals surface area (Å²) in [6.45, 7) is 2.42. The summed E-state index contributed by atoms with van der Waals surface area (Å²) < 4.78 is 13.1. The van der Waals surface area contributed by atoms with Crippen molar-refractivity contribution in [1.29, 1.82) is 0 Å². The molecule has 0 bridgehead atoms. The Hall–Kier alpha value is -2.54. The summed E-state index contributed by atoms with van der Waals surface area (Å²) >= 11 is 5.97. The molecule has 0 aliphatic rings. The SMILES string of the molecule is COc1cccc(C(NCC(O)COc2ccc(Cl)cc2C)c2nccn2C)c1. The second-order valence-electron chi connectivity index (χ2n) is 6.89. The minimum atomic E-state index is -0.696. The zero-order valence-corrected chi connectivity index (χ0v) is 17.6. The van der Waals surface area contributed by atoms with Gasteiger partial charge in [0.2, 0.25) is 0 Å². The topological polar surface area (TPSA) is 68.5 Å². The molecule has 7 heteroatoms. The van der Waals surface area contributed by atoms with Gasteiger partial charge in [-0.1, -0.05) is 23.7 Å². The first kappa shape index (κ1) is 21.2. The molecule has 1 aromatic heterocycles. The molecule has 3 aromatic rings.